The number of hydrogen-bond donors (Lipinski definition) is 0. The molecule has 3 aromatic rings. The van der Waals surface area contributed by atoms with Crippen LogP contribution in [-0.4, -0.2) is 18.9 Å². The smallest absolute Gasteiger partial charge is 0.343 e. The first-order valence-corrected chi connectivity index (χ1v) is 7.83. The van der Waals surface area contributed by atoms with Crippen molar-refractivity contribution in [1.29, 1.82) is 0 Å². The van der Waals surface area contributed by atoms with Gasteiger partial charge in [0.1, 0.15) is 17.3 Å². The molecule has 0 aliphatic carbocycles. The summed E-state index contributed by atoms with van der Waals surface area (Å²) in [6.07, 6.45) is 0. The summed E-state index contributed by atoms with van der Waals surface area (Å²) in [5.74, 6) is -0.299. The molecule has 0 radical (unpaired) electrons. The maximum atomic E-state index is 12.9. The third-order valence-corrected chi connectivity index (χ3v) is 3.74. The molecule has 0 aliphatic heterocycles. The molecule has 4 nitrogen and oxygen atoms in total. The molecule has 130 valence electrons. The molecule has 0 fully saturated rings. The van der Waals surface area contributed by atoms with Gasteiger partial charge in [0.25, 0.3) is 0 Å². The van der Waals surface area contributed by atoms with Crippen LogP contribution >= 0.6 is 0 Å². The Morgan fingerprint density at radius 2 is 1.38 bits per heavy atom. The number of carbonyl (C=O) groups excluding carboxylic acids is 2. The molecule has 0 unspecified atom stereocenters. The molecule has 3 aromatic carbocycles. The van der Waals surface area contributed by atoms with Crippen LogP contribution in [0.4, 0.5) is 4.39 Å². The van der Waals surface area contributed by atoms with Crippen molar-refractivity contribution in [1.82, 2.24) is 0 Å². The molecule has 3 rings (SSSR count). The molecule has 5 heteroatoms. The lowest BCUT2D eigenvalue weighted by Crippen LogP contribution is -2.09. The quantitative estimate of drug-likeness (QED) is 0.391. The zero-order valence-electron chi connectivity index (χ0n) is 13.9. The van der Waals surface area contributed by atoms with Gasteiger partial charge < -0.3 is 9.47 Å². The van der Waals surface area contributed by atoms with Crippen LogP contribution in [0.15, 0.2) is 72.8 Å². The van der Waals surface area contributed by atoms with Crippen molar-refractivity contribution >= 4 is 11.8 Å². The Morgan fingerprint density at radius 3 is 2.00 bits per heavy atom. The van der Waals surface area contributed by atoms with Crippen molar-refractivity contribution in [3.63, 3.8) is 0 Å². The van der Waals surface area contributed by atoms with E-state index in [0.717, 1.165) is 0 Å². The fraction of sp³-hybridized carbons (Fsp3) is 0.0476. The molecular weight excluding hydrogens is 335 g/mol. The van der Waals surface area contributed by atoms with E-state index >= 15 is 0 Å². The first kappa shape index (κ1) is 17.4. The zero-order chi connectivity index (χ0) is 18.5. The van der Waals surface area contributed by atoms with Crippen molar-refractivity contribution in [3.8, 4) is 11.5 Å². The molecule has 0 bridgehead atoms. The summed E-state index contributed by atoms with van der Waals surface area (Å²) in [5, 5.41) is 0. The standard InChI is InChI=1S/C21H15FO4/c1-25-19-4-2-3-16(13-19)21(24)26-18-11-7-15(8-12-18)20(23)14-5-9-17(22)10-6-14/h2-13H,1H3. The van der Waals surface area contributed by atoms with Crippen LogP contribution in [0.2, 0.25) is 0 Å². The second-order valence-electron chi connectivity index (χ2n) is 5.48. The second kappa shape index (κ2) is 7.61. The highest BCUT2D eigenvalue weighted by Gasteiger charge is 2.12. The lowest BCUT2D eigenvalue weighted by Gasteiger charge is -2.07. The molecule has 0 aromatic heterocycles. The average Bonchev–Trinajstić information content (AvgIpc) is 2.68. The van der Waals surface area contributed by atoms with Gasteiger partial charge in [-0.05, 0) is 66.7 Å². The summed E-state index contributed by atoms with van der Waals surface area (Å²) >= 11 is 0. The Balaban J connectivity index is 1.72. The Hall–Kier alpha value is -3.47. The summed E-state index contributed by atoms with van der Waals surface area (Å²) < 4.78 is 23.3. The molecule has 0 saturated carbocycles. The van der Waals surface area contributed by atoms with Crippen LogP contribution in [0.5, 0.6) is 11.5 Å². The highest BCUT2D eigenvalue weighted by Crippen LogP contribution is 2.19. The van der Waals surface area contributed by atoms with E-state index in [0.29, 0.717) is 28.2 Å². The van der Waals surface area contributed by atoms with Gasteiger partial charge in [-0.25, -0.2) is 9.18 Å². The molecule has 0 atom stereocenters. The van der Waals surface area contributed by atoms with Gasteiger partial charge in [-0.2, -0.15) is 0 Å². The third-order valence-electron chi connectivity index (χ3n) is 3.74. The predicted molar refractivity (Wildman–Crippen MR) is 94.2 cm³/mol. The van der Waals surface area contributed by atoms with E-state index in [9.17, 15) is 14.0 Å². The Kier molecular flexibility index (Phi) is 5.08. The topological polar surface area (TPSA) is 52.6 Å². The van der Waals surface area contributed by atoms with Gasteiger partial charge >= 0.3 is 5.97 Å². The molecular formula is C21H15FO4. The average molecular weight is 350 g/mol. The molecule has 0 saturated heterocycles. The molecule has 0 amide bonds. The van der Waals surface area contributed by atoms with Crippen molar-refractivity contribution in [2.45, 2.75) is 0 Å². The second-order valence-corrected chi connectivity index (χ2v) is 5.48. The van der Waals surface area contributed by atoms with Crippen LogP contribution in [0.3, 0.4) is 0 Å². The first-order valence-electron chi connectivity index (χ1n) is 7.83. The summed E-state index contributed by atoms with van der Waals surface area (Å²) in [6, 6.07) is 18.1. The van der Waals surface area contributed by atoms with E-state index in [2.05, 4.69) is 0 Å². The van der Waals surface area contributed by atoms with E-state index in [1.807, 2.05) is 0 Å². The van der Waals surface area contributed by atoms with Crippen LogP contribution in [0.1, 0.15) is 26.3 Å². The van der Waals surface area contributed by atoms with Crippen molar-refractivity contribution in [2.24, 2.45) is 0 Å². The number of benzene rings is 3. The van der Waals surface area contributed by atoms with Crippen LogP contribution in [-0.2, 0) is 0 Å². The number of carbonyl (C=O) groups is 2. The largest absolute Gasteiger partial charge is 0.497 e. The van der Waals surface area contributed by atoms with Gasteiger partial charge in [0, 0.05) is 11.1 Å². The fourth-order valence-corrected chi connectivity index (χ4v) is 2.36. The van der Waals surface area contributed by atoms with E-state index in [1.54, 1.807) is 36.4 Å². The number of esters is 1. The van der Waals surface area contributed by atoms with E-state index in [-0.39, 0.29) is 5.78 Å². The van der Waals surface area contributed by atoms with E-state index < -0.39 is 11.8 Å². The minimum absolute atomic E-state index is 0.240. The van der Waals surface area contributed by atoms with Crippen LogP contribution in [0.25, 0.3) is 0 Å². The number of ether oxygens (including phenoxy) is 2. The Labute approximate surface area is 149 Å². The van der Waals surface area contributed by atoms with Crippen LogP contribution < -0.4 is 9.47 Å². The van der Waals surface area contributed by atoms with Crippen LogP contribution in [0, 0.1) is 5.82 Å². The van der Waals surface area contributed by atoms with Gasteiger partial charge in [-0.15, -0.1) is 0 Å². The summed E-state index contributed by atoms with van der Waals surface area (Å²) in [5.41, 5.74) is 1.15. The van der Waals surface area contributed by atoms with E-state index in [4.69, 9.17) is 9.47 Å². The summed E-state index contributed by atoms with van der Waals surface area (Å²) in [7, 11) is 1.52. The monoisotopic (exact) mass is 350 g/mol. The van der Waals surface area contributed by atoms with Crippen molar-refractivity contribution in [2.75, 3.05) is 7.11 Å². The molecule has 26 heavy (non-hydrogen) atoms. The maximum absolute atomic E-state index is 12.9. The fourth-order valence-electron chi connectivity index (χ4n) is 2.36. The Morgan fingerprint density at radius 1 is 0.769 bits per heavy atom. The highest BCUT2D eigenvalue weighted by atomic mass is 19.1. The van der Waals surface area contributed by atoms with Gasteiger partial charge in [-0.3, -0.25) is 4.79 Å². The zero-order valence-corrected chi connectivity index (χ0v) is 13.9. The van der Waals surface area contributed by atoms with Gasteiger partial charge in [0.15, 0.2) is 5.78 Å². The molecule has 0 heterocycles. The first-order chi connectivity index (χ1) is 12.6. The van der Waals surface area contributed by atoms with Crippen molar-refractivity contribution in [3.05, 3.63) is 95.3 Å². The summed E-state index contributed by atoms with van der Waals surface area (Å²) in [4.78, 5) is 24.5. The van der Waals surface area contributed by atoms with E-state index in [1.165, 1.54) is 43.5 Å². The normalized spacial score (nSPS) is 10.2. The van der Waals surface area contributed by atoms with Gasteiger partial charge in [0.05, 0.1) is 12.7 Å². The molecule has 0 spiro atoms. The number of halogens is 1. The lowest BCUT2D eigenvalue weighted by atomic mass is 10.0. The van der Waals surface area contributed by atoms with Crippen molar-refractivity contribution < 1.29 is 23.5 Å². The number of methoxy groups -OCH3 is 1. The van der Waals surface area contributed by atoms with Gasteiger partial charge in [0.2, 0.25) is 0 Å². The maximum Gasteiger partial charge on any atom is 0.343 e. The minimum Gasteiger partial charge on any atom is -0.497 e. The molecule has 0 N–H and O–H groups in total. The minimum atomic E-state index is -0.526. The predicted octanol–water partition coefficient (Wildman–Crippen LogP) is 4.28. The third kappa shape index (κ3) is 3.95. The number of hydrogen-bond acceptors (Lipinski definition) is 4. The Bertz CT molecular complexity index is 931. The number of rotatable bonds is 5. The van der Waals surface area contributed by atoms with Gasteiger partial charge in [-0.1, -0.05) is 6.07 Å². The number of ketones is 1. The summed E-state index contributed by atoms with van der Waals surface area (Å²) in [6.45, 7) is 0. The SMILES string of the molecule is COc1cccc(C(=O)Oc2ccc(C(=O)c3ccc(F)cc3)cc2)c1. The highest BCUT2D eigenvalue weighted by molar-refractivity contribution is 6.09. The molecule has 0 aliphatic rings. The lowest BCUT2D eigenvalue weighted by molar-refractivity contribution is 0.0734.